The fraction of sp³-hybridized carbons (Fsp3) is 1.00. The molecule has 1 aliphatic carbocycles. The van der Waals surface area contributed by atoms with Crippen molar-refractivity contribution in [3.05, 3.63) is 0 Å². The average molecular weight is 296 g/mol. The van der Waals surface area contributed by atoms with Crippen LogP contribution in [-0.4, -0.2) is 35.7 Å². The number of hydrogen-bond donors (Lipinski definition) is 1. The standard InChI is InChI=1S/C19H37NO/c1-5-19(6-2)9-11-20(12-10-19)14-17-13-16(15(3)4)7-8-18(17)21/h15-18,21H,5-14H2,1-4H3. The molecule has 0 aromatic rings. The molecule has 1 saturated heterocycles. The molecule has 124 valence electrons. The molecule has 1 aliphatic heterocycles. The minimum atomic E-state index is -0.0518. The summed E-state index contributed by atoms with van der Waals surface area (Å²) in [5.41, 5.74) is 0.613. The highest BCUT2D eigenvalue weighted by Crippen LogP contribution is 2.39. The first-order chi connectivity index (χ1) is 9.99. The molecular weight excluding hydrogens is 258 g/mol. The van der Waals surface area contributed by atoms with E-state index in [1.807, 2.05) is 0 Å². The first-order valence-electron chi connectivity index (χ1n) is 9.40. The summed E-state index contributed by atoms with van der Waals surface area (Å²) in [4.78, 5) is 2.64. The molecule has 1 saturated carbocycles. The number of rotatable bonds is 5. The van der Waals surface area contributed by atoms with Crippen molar-refractivity contribution in [2.24, 2.45) is 23.2 Å². The second kappa shape index (κ2) is 7.46. The van der Waals surface area contributed by atoms with Crippen molar-refractivity contribution in [3.8, 4) is 0 Å². The molecule has 0 aromatic heterocycles. The van der Waals surface area contributed by atoms with E-state index < -0.39 is 0 Å². The first kappa shape index (κ1) is 17.3. The number of aliphatic hydroxyl groups excluding tert-OH is 1. The number of nitrogens with zero attached hydrogens (tertiary/aromatic N) is 1. The highest BCUT2D eigenvalue weighted by atomic mass is 16.3. The lowest BCUT2D eigenvalue weighted by Crippen LogP contribution is -2.45. The van der Waals surface area contributed by atoms with E-state index in [-0.39, 0.29) is 6.10 Å². The summed E-state index contributed by atoms with van der Waals surface area (Å²) in [6.07, 6.45) is 8.82. The van der Waals surface area contributed by atoms with Crippen LogP contribution in [0.25, 0.3) is 0 Å². The summed E-state index contributed by atoms with van der Waals surface area (Å²) in [6, 6.07) is 0. The Bertz CT molecular complexity index is 301. The zero-order chi connectivity index (χ0) is 15.5. The van der Waals surface area contributed by atoms with Gasteiger partial charge < -0.3 is 10.0 Å². The van der Waals surface area contributed by atoms with Crippen LogP contribution in [0.15, 0.2) is 0 Å². The summed E-state index contributed by atoms with van der Waals surface area (Å²) in [5.74, 6) is 2.12. The largest absolute Gasteiger partial charge is 0.393 e. The molecule has 3 atom stereocenters. The van der Waals surface area contributed by atoms with Gasteiger partial charge in [0.05, 0.1) is 6.10 Å². The van der Waals surface area contributed by atoms with Gasteiger partial charge >= 0.3 is 0 Å². The summed E-state index contributed by atoms with van der Waals surface area (Å²) in [6.45, 7) is 13.0. The maximum absolute atomic E-state index is 10.4. The number of likely N-dealkylation sites (tertiary alicyclic amines) is 1. The van der Waals surface area contributed by atoms with Crippen LogP contribution in [0.4, 0.5) is 0 Å². The van der Waals surface area contributed by atoms with E-state index in [0.29, 0.717) is 11.3 Å². The lowest BCUT2D eigenvalue weighted by Gasteiger charge is -2.44. The van der Waals surface area contributed by atoms with Gasteiger partial charge in [-0.3, -0.25) is 0 Å². The Morgan fingerprint density at radius 3 is 2.24 bits per heavy atom. The van der Waals surface area contributed by atoms with Crippen molar-refractivity contribution in [2.75, 3.05) is 19.6 Å². The van der Waals surface area contributed by atoms with E-state index in [1.165, 1.54) is 51.6 Å². The minimum absolute atomic E-state index is 0.0518. The van der Waals surface area contributed by atoms with Gasteiger partial charge in [0.15, 0.2) is 0 Å². The normalized spacial score (nSPS) is 34.3. The Balaban J connectivity index is 1.84. The zero-order valence-corrected chi connectivity index (χ0v) is 14.8. The van der Waals surface area contributed by atoms with Gasteiger partial charge in [-0.15, -0.1) is 0 Å². The highest BCUT2D eigenvalue weighted by molar-refractivity contribution is 4.88. The third-order valence-corrected chi connectivity index (χ3v) is 6.84. The zero-order valence-electron chi connectivity index (χ0n) is 14.8. The van der Waals surface area contributed by atoms with Crippen molar-refractivity contribution in [1.82, 2.24) is 4.90 Å². The predicted molar refractivity (Wildman–Crippen MR) is 90.4 cm³/mol. The van der Waals surface area contributed by atoms with Gasteiger partial charge in [-0.1, -0.05) is 40.5 Å². The van der Waals surface area contributed by atoms with Gasteiger partial charge in [0, 0.05) is 6.54 Å². The number of hydrogen-bond acceptors (Lipinski definition) is 2. The third kappa shape index (κ3) is 4.22. The Kier molecular flexibility index (Phi) is 6.14. The van der Waals surface area contributed by atoms with Crippen molar-refractivity contribution in [3.63, 3.8) is 0 Å². The third-order valence-electron chi connectivity index (χ3n) is 6.84. The van der Waals surface area contributed by atoms with Crippen LogP contribution in [0.2, 0.25) is 0 Å². The molecule has 0 aromatic carbocycles. The molecule has 3 unspecified atom stereocenters. The minimum Gasteiger partial charge on any atom is -0.393 e. The van der Waals surface area contributed by atoms with E-state index in [0.717, 1.165) is 24.8 Å². The molecule has 0 amide bonds. The second-order valence-corrected chi connectivity index (χ2v) is 8.15. The monoisotopic (exact) mass is 295 g/mol. The topological polar surface area (TPSA) is 23.5 Å². The van der Waals surface area contributed by atoms with Crippen LogP contribution >= 0.6 is 0 Å². The van der Waals surface area contributed by atoms with Gasteiger partial charge in [0.25, 0.3) is 0 Å². The molecule has 2 fully saturated rings. The van der Waals surface area contributed by atoms with E-state index in [9.17, 15) is 5.11 Å². The van der Waals surface area contributed by atoms with E-state index >= 15 is 0 Å². The molecule has 0 bridgehead atoms. The average Bonchev–Trinajstić information content (AvgIpc) is 2.50. The molecule has 0 radical (unpaired) electrons. The summed E-state index contributed by atoms with van der Waals surface area (Å²) in [7, 11) is 0. The van der Waals surface area contributed by atoms with Gasteiger partial charge in [-0.2, -0.15) is 0 Å². The first-order valence-corrected chi connectivity index (χ1v) is 9.40. The van der Waals surface area contributed by atoms with Crippen LogP contribution in [0, 0.1) is 23.2 Å². The number of aliphatic hydroxyl groups is 1. The molecule has 0 spiro atoms. The number of piperidine rings is 1. The van der Waals surface area contributed by atoms with Crippen LogP contribution in [-0.2, 0) is 0 Å². The van der Waals surface area contributed by atoms with Gasteiger partial charge in [-0.25, -0.2) is 0 Å². The van der Waals surface area contributed by atoms with Crippen LogP contribution in [0.1, 0.15) is 72.6 Å². The Morgan fingerprint density at radius 1 is 1.10 bits per heavy atom. The van der Waals surface area contributed by atoms with Crippen molar-refractivity contribution < 1.29 is 5.11 Å². The maximum Gasteiger partial charge on any atom is 0.0580 e. The van der Waals surface area contributed by atoms with Gasteiger partial charge in [0.2, 0.25) is 0 Å². The molecular formula is C19H37NO. The predicted octanol–water partition coefficient (Wildman–Crippen LogP) is 4.32. The molecule has 2 rings (SSSR count). The van der Waals surface area contributed by atoms with Crippen molar-refractivity contribution in [1.29, 1.82) is 0 Å². The summed E-state index contributed by atoms with van der Waals surface area (Å²) < 4.78 is 0. The fourth-order valence-electron chi connectivity index (χ4n) is 4.58. The quantitative estimate of drug-likeness (QED) is 0.816. The Labute approximate surface area is 132 Å². The second-order valence-electron chi connectivity index (χ2n) is 8.15. The van der Waals surface area contributed by atoms with Gasteiger partial charge in [-0.05, 0) is 68.4 Å². The van der Waals surface area contributed by atoms with Crippen LogP contribution in [0.5, 0.6) is 0 Å². The Morgan fingerprint density at radius 2 is 1.71 bits per heavy atom. The van der Waals surface area contributed by atoms with E-state index in [1.54, 1.807) is 0 Å². The Hall–Kier alpha value is -0.0800. The molecule has 1 N–H and O–H groups in total. The van der Waals surface area contributed by atoms with E-state index in [2.05, 4.69) is 32.6 Å². The molecule has 2 heteroatoms. The summed E-state index contributed by atoms with van der Waals surface area (Å²) in [5, 5.41) is 10.4. The smallest absolute Gasteiger partial charge is 0.0580 e. The molecule has 2 aliphatic rings. The van der Waals surface area contributed by atoms with Crippen LogP contribution < -0.4 is 0 Å². The van der Waals surface area contributed by atoms with E-state index in [4.69, 9.17) is 0 Å². The van der Waals surface area contributed by atoms with Gasteiger partial charge in [0.1, 0.15) is 0 Å². The lowest BCUT2D eigenvalue weighted by atomic mass is 9.72. The lowest BCUT2D eigenvalue weighted by molar-refractivity contribution is 0.00390. The molecule has 2 nitrogen and oxygen atoms in total. The molecule has 21 heavy (non-hydrogen) atoms. The maximum atomic E-state index is 10.4. The fourth-order valence-corrected chi connectivity index (χ4v) is 4.58. The molecule has 1 heterocycles. The van der Waals surface area contributed by atoms with Crippen molar-refractivity contribution in [2.45, 2.75) is 78.7 Å². The van der Waals surface area contributed by atoms with Crippen LogP contribution in [0.3, 0.4) is 0 Å². The SMILES string of the molecule is CCC1(CC)CCN(CC2CC(C(C)C)CCC2O)CC1. The summed E-state index contributed by atoms with van der Waals surface area (Å²) >= 11 is 0. The van der Waals surface area contributed by atoms with Crippen molar-refractivity contribution >= 4 is 0 Å². The highest BCUT2D eigenvalue weighted by Gasteiger charge is 2.35.